The van der Waals surface area contributed by atoms with E-state index in [0.717, 1.165) is 38.3 Å². The molecule has 0 unspecified atom stereocenters. The number of likely N-dealkylation sites (tertiary alicyclic amines) is 1. The maximum absolute atomic E-state index is 12.7. The summed E-state index contributed by atoms with van der Waals surface area (Å²) >= 11 is 0. The Kier molecular flexibility index (Phi) is 5.40. The number of alkyl halides is 3. The minimum absolute atomic E-state index is 0.0659. The van der Waals surface area contributed by atoms with E-state index in [2.05, 4.69) is 30.3 Å². The highest BCUT2D eigenvalue weighted by molar-refractivity contribution is 5.36. The van der Waals surface area contributed by atoms with E-state index in [0.29, 0.717) is 18.3 Å². The first kappa shape index (κ1) is 18.6. The number of piperidine rings is 1. The average molecular weight is 370 g/mol. The van der Waals surface area contributed by atoms with Crippen molar-refractivity contribution in [2.75, 3.05) is 18.4 Å². The van der Waals surface area contributed by atoms with Crippen LogP contribution in [0.5, 0.6) is 0 Å². The zero-order valence-corrected chi connectivity index (χ0v) is 14.6. The van der Waals surface area contributed by atoms with Gasteiger partial charge in [-0.2, -0.15) is 18.2 Å². The topological polar surface area (TPSA) is 80.0 Å². The van der Waals surface area contributed by atoms with Crippen LogP contribution in [0, 0.1) is 0 Å². The van der Waals surface area contributed by atoms with E-state index in [-0.39, 0.29) is 17.8 Å². The highest BCUT2D eigenvalue weighted by atomic mass is 19.4. The largest absolute Gasteiger partial charge is 0.433 e. The maximum atomic E-state index is 12.7. The second-order valence-corrected chi connectivity index (χ2v) is 6.68. The number of nitrogens with zero attached hydrogens (tertiary/aromatic N) is 5. The van der Waals surface area contributed by atoms with E-state index < -0.39 is 11.9 Å². The smallest absolute Gasteiger partial charge is 0.367 e. The Hall–Kier alpha value is -2.23. The van der Waals surface area contributed by atoms with E-state index in [1.54, 1.807) is 0 Å². The van der Waals surface area contributed by atoms with Crippen molar-refractivity contribution < 1.29 is 17.7 Å². The molecule has 0 aromatic carbocycles. The SMILES string of the molecule is CC(C)c1noc(CN2CCC(Nc3cc(C(F)(F)F)ncn3)CC2)n1. The molecule has 1 aliphatic rings. The van der Waals surface area contributed by atoms with Crippen LogP contribution < -0.4 is 5.32 Å². The predicted molar refractivity (Wildman–Crippen MR) is 87.3 cm³/mol. The van der Waals surface area contributed by atoms with Gasteiger partial charge in [-0.1, -0.05) is 19.0 Å². The third-order valence-electron chi connectivity index (χ3n) is 4.26. The second-order valence-electron chi connectivity index (χ2n) is 6.68. The molecule has 0 saturated carbocycles. The fraction of sp³-hybridized carbons (Fsp3) is 0.625. The molecule has 10 heteroatoms. The highest BCUT2D eigenvalue weighted by Crippen LogP contribution is 2.28. The minimum atomic E-state index is -4.47. The van der Waals surface area contributed by atoms with E-state index >= 15 is 0 Å². The Morgan fingerprint density at radius 3 is 2.62 bits per heavy atom. The molecular weight excluding hydrogens is 349 g/mol. The van der Waals surface area contributed by atoms with Gasteiger partial charge in [-0.3, -0.25) is 4.90 Å². The lowest BCUT2D eigenvalue weighted by Gasteiger charge is -2.31. The Morgan fingerprint density at radius 2 is 2.00 bits per heavy atom. The van der Waals surface area contributed by atoms with Gasteiger partial charge in [0, 0.05) is 31.1 Å². The number of rotatable bonds is 5. The van der Waals surface area contributed by atoms with Crippen LogP contribution >= 0.6 is 0 Å². The van der Waals surface area contributed by atoms with Crippen LogP contribution in [0.25, 0.3) is 0 Å². The van der Waals surface area contributed by atoms with Crippen molar-refractivity contribution in [1.82, 2.24) is 25.0 Å². The normalized spacial score (nSPS) is 17.0. The quantitative estimate of drug-likeness (QED) is 0.866. The second kappa shape index (κ2) is 7.56. The van der Waals surface area contributed by atoms with Crippen molar-refractivity contribution in [1.29, 1.82) is 0 Å². The number of halogens is 3. The molecule has 0 atom stereocenters. The molecule has 1 fully saturated rings. The van der Waals surface area contributed by atoms with Gasteiger partial charge in [0.05, 0.1) is 6.54 Å². The molecule has 3 heterocycles. The lowest BCUT2D eigenvalue weighted by atomic mass is 10.1. The molecule has 142 valence electrons. The Bertz CT molecular complexity index is 725. The fourth-order valence-electron chi connectivity index (χ4n) is 2.79. The molecule has 0 amide bonds. The Labute approximate surface area is 149 Å². The molecule has 0 radical (unpaired) electrons. The monoisotopic (exact) mass is 370 g/mol. The van der Waals surface area contributed by atoms with Gasteiger partial charge in [0.25, 0.3) is 0 Å². The lowest BCUT2D eigenvalue weighted by Crippen LogP contribution is -2.38. The first-order valence-corrected chi connectivity index (χ1v) is 8.52. The summed E-state index contributed by atoms with van der Waals surface area (Å²) in [7, 11) is 0. The maximum Gasteiger partial charge on any atom is 0.433 e. The molecule has 2 aromatic rings. The van der Waals surface area contributed by atoms with Gasteiger partial charge in [-0.15, -0.1) is 0 Å². The van der Waals surface area contributed by atoms with Crippen molar-refractivity contribution in [3.63, 3.8) is 0 Å². The van der Waals surface area contributed by atoms with Gasteiger partial charge >= 0.3 is 6.18 Å². The van der Waals surface area contributed by atoms with Gasteiger partial charge in [0.2, 0.25) is 5.89 Å². The predicted octanol–water partition coefficient (Wildman–Crippen LogP) is 3.08. The summed E-state index contributed by atoms with van der Waals surface area (Å²) in [4.78, 5) is 13.7. The standard InChI is InChI=1S/C16H21F3N6O/c1-10(2)15-23-14(26-24-15)8-25-5-3-11(4-6-25)22-13-7-12(16(17,18)19)20-9-21-13/h7,9-11H,3-6,8H2,1-2H3,(H,20,21,22). The zero-order valence-electron chi connectivity index (χ0n) is 14.6. The average Bonchev–Trinajstić information content (AvgIpc) is 3.05. The molecule has 1 saturated heterocycles. The zero-order chi connectivity index (χ0) is 18.7. The van der Waals surface area contributed by atoms with E-state index in [1.807, 2.05) is 13.8 Å². The van der Waals surface area contributed by atoms with Gasteiger partial charge < -0.3 is 9.84 Å². The van der Waals surface area contributed by atoms with E-state index in [1.165, 1.54) is 0 Å². The molecule has 1 N–H and O–H groups in total. The van der Waals surface area contributed by atoms with Crippen molar-refractivity contribution in [3.05, 3.63) is 29.8 Å². The molecule has 2 aromatic heterocycles. The Balaban J connectivity index is 1.51. The van der Waals surface area contributed by atoms with Crippen molar-refractivity contribution in [3.8, 4) is 0 Å². The van der Waals surface area contributed by atoms with Crippen molar-refractivity contribution in [2.24, 2.45) is 0 Å². The first-order valence-electron chi connectivity index (χ1n) is 8.52. The summed E-state index contributed by atoms with van der Waals surface area (Å²) in [5, 5.41) is 7.02. The summed E-state index contributed by atoms with van der Waals surface area (Å²) in [6.07, 6.45) is -1.96. The summed E-state index contributed by atoms with van der Waals surface area (Å²) < 4.78 is 43.4. The number of hydrogen-bond donors (Lipinski definition) is 1. The first-order chi connectivity index (χ1) is 12.3. The van der Waals surface area contributed by atoms with Crippen LogP contribution in [-0.2, 0) is 12.7 Å². The van der Waals surface area contributed by atoms with Crippen LogP contribution in [-0.4, -0.2) is 44.1 Å². The summed E-state index contributed by atoms with van der Waals surface area (Å²) in [6, 6.07) is 1.01. The van der Waals surface area contributed by atoms with Crippen LogP contribution in [0.1, 0.15) is 50.0 Å². The molecule has 0 spiro atoms. The molecule has 26 heavy (non-hydrogen) atoms. The number of nitrogens with one attached hydrogen (secondary N) is 1. The van der Waals surface area contributed by atoms with Crippen molar-refractivity contribution in [2.45, 2.75) is 51.4 Å². The van der Waals surface area contributed by atoms with Gasteiger partial charge in [-0.05, 0) is 12.8 Å². The number of aromatic nitrogens is 4. The third-order valence-corrected chi connectivity index (χ3v) is 4.26. The van der Waals surface area contributed by atoms with E-state index in [4.69, 9.17) is 4.52 Å². The Morgan fingerprint density at radius 1 is 1.27 bits per heavy atom. The lowest BCUT2D eigenvalue weighted by molar-refractivity contribution is -0.141. The van der Waals surface area contributed by atoms with Crippen LogP contribution in [0.4, 0.5) is 19.0 Å². The van der Waals surface area contributed by atoms with Crippen LogP contribution in [0.2, 0.25) is 0 Å². The van der Waals surface area contributed by atoms with Crippen LogP contribution in [0.3, 0.4) is 0 Å². The molecular formula is C16H21F3N6O. The van der Waals surface area contributed by atoms with Gasteiger partial charge in [-0.25, -0.2) is 9.97 Å². The molecule has 3 rings (SSSR count). The van der Waals surface area contributed by atoms with Crippen molar-refractivity contribution >= 4 is 5.82 Å². The molecule has 7 nitrogen and oxygen atoms in total. The molecule has 0 bridgehead atoms. The fourth-order valence-corrected chi connectivity index (χ4v) is 2.79. The highest BCUT2D eigenvalue weighted by Gasteiger charge is 2.33. The molecule has 1 aliphatic heterocycles. The summed E-state index contributed by atoms with van der Waals surface area (Å²) in [5.74, 6) is 1.70. The summed E-state index contributed by atoms with van der Waals surface area (Å²) in [5.41, 5.74) is -0.940. The molecule has 0 aliphatic carbocycles. The van der Waals surface area contributed by atoms with E-state index in [9.17, 15) is 13.2 Å². The van der Waals surface area contributed by atoms with Gasteiger partial charge in [0.1, 0.15) is 17.8 Å². The number of hydrogen-bond acceptors (Lipinski definition) is 7. The summed E-state index contributed by atoms with van der Waals surface area (Å²) in [6.45, 7) is 6.16. The van der Waals surface area contributed by atoms with Gasteiger partial charge in [0.15, 0.2) is 5.82 Å². The minimum Gasteiger partial charge on any atom is -0.367 e. The third kappa shape index (κ3) is 4.69. The van der Waals surface area contributed by atoms with Crippen LogP contribution in [0.15, 0.2) is 16.9 Å². The number of anilines is 1.